The predicted molar refractivity (Wildman–Crippen MR) is 200 cm³/mol. The van der Waals surface area contributed by atoms with Gasteiger partial charge in [0.15, 0.2) is 0 Å². The van der Waals surface area contributed by atoms with Gasteiger partial charge in [-0.25, -0.2) is 28.2 Å². The fraction of sp³-hybridized carbons (Fsp3) is 0.444. The number of pyridine rings is 1. The number of urea groups is 1. The van der Waals surface area contributed by atoms with Crippen molar-refractivity contribution in [1.82, 2.24) is 24.9 Å². The molecule has 2 aliphatic carbocycles. The SMILES string of the molecule is C=CCC/C=N/C(=O)[C@@H]1C[C@H](Oc2cc(-c3nc(C(C)C)cs3)nc3c(Cl)c(CO)ccc23)CN1C(=O)N[C@]1(C(=O)NS(=O)(=O)C2CC2)C[C@H]1C=C. The number of sulfonamides is 1. The van der Waals surface area contributed by atoms with Crippen LogP contribution in [-0.2, 0) is 26.2 Å². The number of ether oxygens (including phenoxy) is 1. The summed E-state index contributed by atoms with van der Waals surface area (Å²) in [4.78, 5) is 55.8. The molecule has 1 aromatic carbocycles. The van der Waals surface area contributed by atoms with Gasteiger partial charge in [-0.1, -0.05) is 43.7 Å². The fourth-order valence-electron chi connectivity index (χ4n) is 6.20. The minimum atomic E-state index is -3.88. The molecule has 3 N–H and O–H groups in total. The molecular weight excluding hydrogens is 728 g/mol. The average Bonchev–Trinajstić information content (AvgIpc) is 4.00. The van der Waals surface area contributed by atoms with Gasteiger partial charge in [-0.3, -0.25) is 14.3 Å². The molecule has 3 heterocycles. The van der Waals surface area contributed by atoms with Crippen molar-refractivity contribution in [2.75, 3.05) is 6.54 Å². The molecule has 16 heteroatoms. The lowest BCUT2D eigenvalue weighted by Crippen LogP contribution is -2.57. The number of aliphatic hydroxyl groups excluding tert-OH is 1. The normalized spacial score (nSPS) is 22.9. The quantitative estimate of drug-likeness (QED) is 0.112. The number of unbranched alkanes of at least 4 members (excludes halogenated alkanes) is 1. The van der Waals surface area contributed by atoms with Crippen molar-refractivity contribution < 1.29 is 32.6 Å². The number of fused-ring (bicyclic) bond motifs is 1. The Morgan fingerprint density at radius 2 is 2.00 bits per heavy atom. The highest BCUT2D eigenvalue weighted by atomic mass is 35.5. The number of amides is 4. The van der Waals surface area contributed by atoms with Crippen molar-refractivity contribution in [2.45, 2.75) is 87.8 Å². The number of aliphatic imine (C=N–C) groups is 1. The van der Waals surface area contributed by atoms with Gasteiger partial charge in [-0.05, 0) is 49.7 Å². The number of carbonyl (C=O) groups is 3. The van der Waals surface area contributed by atoms with E-state index in [4.69, 9.17) is 26.3 Å². The van der Waals surface area contributed by atoms with Crippen LogP contribution in [-0.4, -0.2) is 81.9 Å². The summed E-state index contributed by atoms with van der Waals surface area (Å²) in [6, 6.07) is 3.37. The molecule has 0 spiro atoms. The third-order valence-electron chi connectivity index (χ3n) is 9.52. The molecule has 3 fully saturated rings. The van der Waals surface area contributed by atoms with Crippen LogP contribution in [0.25, 0.3) is 21.6 Å². The van der Waals surface area contributed by atoms with Crippen molar-refractivity contribution >= 4 is 67.9 Å². The van der Waals surface area contributed by atoms with Crippen LogP contribution >= 0.6 is 22.9 Å². The summed E-state index contributed by atoms with van der Waals surface area (Å²) in [5.41, 5.74) is 0.740. The Balaban J connectivity index is 1.31. The summed E-state index contributed by atoms with van der Waals surface area (Å²) < 4.78 is 34.0. The van der Waals surface area contributed by atoms with Crippen molar-refractivity contribution in [3.05, 3.63) is 65.2 Å². The molecule has 3 aliphatic rings. The summed E-state index contributed by atoms with van der Waals surface area (Å²) in [7, 11) is -3.88. The monoisotopic (exact) mass is 768 g/mol. The maximum absolute atomic E-state index is 14.0. The second-order valence-electron chi connectivity index (χ2n) is 13.6. The Hall–Kier alpha value is -4.18. The van der Waals surface area contributed by atoms with E-state index < -0.39 is 56.7 Å². The lowest BCUT2D eigenvalue weighted by atomic mass is 10.1. The van der Waals surface area contributed by atoms with E-state index in [0.717, 1.165) is 5.69 Å². The lowest BCUT2D eigenvalue weighted by molar-refractivity contribution is -0.122. The molecular formula is C36H41ClN6O7S2. The van der Waals surface area contributed by atoms with Crippen molar-refractivity contribution in [3.63, 3.8) is 0 Å². The molecule has 2 saturated carbocycles. The number of thiazole rings is 1. The summed E-state index contributed by atoms with van der Waals surface area (Å²) in [5.74, 6) is -1.34. The summed E-state index contributed by atoms with van der Waals surface area (Å²) >= 11 is 8.15. The zero-order chi connectivity index (χ0) is 37.4. The minimum absolute atomic E-state index is 0.0579. The van der Waals surface area contributed by atoms with Gasteiger partial charge in [-0.2, -0.15) is 0 Å². The number of halogens is 1. The molecule has 1 saturated heterocycles. The molecule has 52 heavy (non-hydrogen) atoms. The molecule has 4 atom stereocenters. The molecule has 2 aromatic heterocycles. The van der Waals surface area contributed by atoms with Gasteiger partial charge in [-0.15, -0.1) is 24.5 Å². The number of likely N-dealkylation sites (tertiary alicyclic amines) is 1. The minimum Gasteiger partial charge on any atom is -0.488 e. The summed E-state index contributed by atoms with van der Waals surface area (Å²) in [6.07, 6.45) is 6.20. The Bertz CT molecular complexity index is 2060. The first-order valence-corrected chi connectivity index (χ1v) is 19.9. The number of aromatic nitrogens is 2. The first kappa shape index (κ1) is 37.6. The number of hydrogen-bond donors (Lipinski definition) is 3. The van der Waals surface area contributed by atoms with Crippen LogP contribution in [0.2, 0.25) is 5.02 Å². The predicted octanol–water partition coefficient (Wildman–Crippen LogP) is 5.28. The number of carbonyl (C=O) groups excluding carboxylic acids is 3. The second-order valence-corrected chi connectivity index (χ2v) is 16.8. The third kappa shape index (κ3) is 7.63. The van der Waals surface area contributed by atoms with Gasteiger partial charge in [0.1, 0.15) is 34.1 Å². The van der Waals surface area contributed by atoms with Gasteiger partial charge in [0, 0.05) is 35.4 Å². The second kappa shape index (κ2) is 15.0. The molecule has 1 aliphatic heterocycles. The first-order valence-electron chi connectivity index (χ1n) is 17.1. The third-order valence-corrected chi connectivity index (χ3v) is 12.6. The van der Waals surface area contributed by atoms with Crippen LogP contribution in [0.15, 0.2) is 53.9 Å². The van der Waals surface area contributed by atoms with Gasteiger partial charge in [0.25, 0.3) is 11.8 Å². The van der Waals surface area contributed by atoms with E-state index in [-0.39, 0.29) is 36.9 Å². The standard InChI is InChI=1S/C36H41ClN6O7S2/c1-5-7-8-13-38-32(45)28-14-23(17-43(28)35(47)41-36(16-22(36)6-2)34(46)42-52(48,49)24-10-11-24)50-29-15-26(33-40-27(19-51-33)20(3)4)39-31-25(29)12-9-21(18-44)30(31)37/h5-6,9,12-13,15,19-20,22-24,28,44H,1-2,7-8,10-11,14,16-18H2,3-4H3,(H,41,47)(H,42,46)/b38-13+/t22-,23+,28+,36-/m1/s1. The van der Waals surface area contributed by atoms with E-state index in [9.17, 15) is 27.9 Å². The Kier molecular flexibility index (Phi) is 10.9. The zero-order valence-electron chi connectivity index (χ0n) is 28.9. The first-order chi connectivity index (χ1) is 24.8. The smallest absolute Gasteiger partial charge is 0.319 e. The molecule has 0 bridgehead atoms. The van der Waals surface area contributed by atoms with Crippen LogP contribution in [0, 0.1) is 5.92 Å². The topological polar surface area (TPSA) is 180 Å². The van der Waals surface area contributed by atoms with Crippen molar-refractivity contribution in [1.29, 1.82) is 0 Å². The van der Waals surface area contributed by atoms with Crippen molar-refractivity contribution in [2.24, 2.45) is 10.9 Å². The Morgan fingerprint density at radius 3 is 2.63 bits per heavy atom. The number of allylic oxidation sites excluding steroid dienone is 1. The number of rotatable bonds is 14. The zero-order valence-corrected chi connectivity index (χ0v) is 31.3. The molecule has 4 amide bonds. The van der Waals surface area contributed by atoms with E-state index in [1.807, 2.05) is 19.2 Å². The van der Waals surface area contributed by atoms with E-state index in [1.54, 1.807) is 24.3 Å². The van der Waals surface area contributed by atoms with E-state index in [2.05, 4.69) is 28.2 Å². The highest BCUT2D eigenvalue weighted by molar-refractivity contribution is 7.91. The van der Waals surface area contributed by atoms with Crippen LogP contribution in [0.3, 0.4) is 0 Å². The maximum Gasteiger partial charge on any atom is 0.319 e. The van der Waals surface area contributed by atoms with Crippen LogP contribution in [0.1, 0.15) is 69.5 Å². The molecule has 6 rings (SSSR count). The highest BCUT2D eigenvalue weighted by Crippen LogP contribution is 2.46. The van der Waals surface area contributed by atoms with E-state index in [0.29, 0.717) is 58.6 Å². The molecule has 0 radical (unpaired) electrons. The van der Waals surface area contributed by atoms with Crippen LogP contribution in [0.4, 0.5) is 4.79 Å². The highest BCUT2D eigenvalue weighted by Gasteiger charge is 2.62. The van der Waals surface area contributed by atoms with Gasteiger partial charge in [0.2, 0.25) is 10.0 Å². The molecule has 3 aromatic rings. The summed E-state index contributed by atoms with van der Waals surface area (Å²) in [6.45, 7) is 11.2. The Morgan fingerprint density at radius 1 is 1.23 bits per heavy atom. The summed E-state index contributed by atoms with van der Waals surface area (Å²) in [5, 5.41) is 15.4. The number of nitrogens with zero attached hydrogens (tertiary/aromatic N) is 4. The largest absolute Gasteiger partial charge is 0.488 e. The molecule has 276 valence electrons. The number of nitrogens with one attached hydrogen (secondary N) is 2. The van der Waals surface area contributed by atoms with E-state index in [1.165, 1.54) is 28.5 Å². The number of hydrogen-bond acceptors (Lipinski definition) is 10. The lowest BCUT2D eigenvalue weighted by Gasteiger charge is -2.26. The van der Waals surface area contributed by atoms with Gasteiger partial charge < -0.3 is 20.1 Å². The van der Waals surface area contributed by atoms with Gasteiger partial charge in [0.05, 0.1) is 34.6 Å². The molecule has 0 unspecified atom stereocenters. The van der Waals surface area contributed by atoms with Crippen molar-refractivity contribution in [3.8, 4) is 16.5 Å². The maximum atomic E-state index is 14.0. The average molecular weight is 769 g/mol. The van der Waals surface area contributed by atoms with E-state index >= 15 is 0 Å². The number of aliphatic hydroxyl groups is 1. The molecule has 13 nitrogen and oxygen atoms in total. The number of benzene rings is 1. The van der Waals surface area contributed by atoms with Crippen LogP contribution < -0.4 is 14.8 Å². The Labute approximate surface area is 311 Å². The van der Waals surface area contributed by atoms with Crippen LogP contribution in [0.5, 0.6) is 5.75 Å². The van der Waals surface area contributed by atoms with Gasteiger partial charge >= 0.3 is 6.03 Å². The fourth-order valence-corrected chi connectivity index (χ4v) is 8.77.